The summed E-state index contributed by atoms with van der Waals surface area (Å²) < 4.78 is 0. The second-order valence-corrected chi connectivity index (χ2v) is 7.35. The van der Waals surface area contributed by atoms with Crippen LogP contribution in [-0.4, -0.2) is 62.1 Å². The van der Waals surface area contributed by atoms with Gasteiger partial charge in [0, 0.05) is 45.3 Å². The molecular formula is C17H33N5O. The smallest absolute Gasteiger partial charge is 0.227 e. The summed E-state index contributed by atoms with van der Waals surface area (Å²) in [7, 11) is 1.79. The van der Waals surface area contributed by atoms with Gasteiger partial charge in [-0.15, -0.1) is 0 Å². The number of nitrogens with zero attached hydrogens (tertiary/aromatic N) is 2. The molecular weight excluding hydrogens is 290 g/mol. The van der Waals surface area contributed by atoms with Crippen LogP contribution in [0.15, 0.2) is 4.99 Å². The lowest BCUT2D eigenvalue weighted by atomic mass is 9.92. The van der Waals surface area contributed by atoms with Crippen LogP contribution in [-0.2, 0) is 4.79 Å². The van der Waals surface area contributed by atoms with Gasteiger partial charge < -0.3 is 20.9 Å². The Morgan fingerprint density at radius 3 is 2.35 bits per heavy atom. The van der Waals surface area contributed by atoms with E-state index in [0.717, 1.165) is 24.8 Å². The molecule has 1 aliphatic heterocycles. The van der Waals surface area contributed by atoms with Crippen molar-refractivity contribution >= 4 is 11.9 Å². The van der Waals surface area contributed by atoms with E-state index in [1.54, 1.807) is 7.05 Å². The molecule has 0 spiro atoms. The average molecular weight is 323 g/mol. The first kappa shape index (κ1) is 18.0. The fourth-order valence-electron chi connectivity index (χ4n) is 3.02. The zero-order valence-electron chi connectivity index (χ0n) is 15.1. The first-order chi connectivity index (χ1) is 11.0. The van der Waals surface area contributed by atoms with Gasteiger partial charge in [0.25, 0.3) is 0 Å². The van der Waals surface area contributed by atoms with Crippen LogP contribution in [0.4, 0.5) is 0 Å². The van der Waals surface area contributed by atoms with Crippen LogP contribution in [0.25, 0.3) is 0 Å². The van der Waals surface area contributed by atoms with Crippen molar-refractivity contribution < 1.29 is 4.79 Å². The molecule has 1 amide bonds. The standard InChI is InChI=1S/C17H33N5O/c1-5-19-15(23)17(2,3)12-20-16(18-4)21-13-8-10-22(11-9-13)14-6-7-14/h13-14H,5-12H2,1-4H3,(H,19,23)(H2,18,20,21). The molecule has 0 aromatic heterocycles. The van der Waals surface area contributed by atoms with Crippen molar-refractivity contribution in [2.24, 2.45) is 10.4 Å². The van der Waals surface area contributed by atoms with E-state index in [4.69, 9.17) is 0 Å². The monoisotopic (exact) mass is 323 g/mol. The topological polar surface area (TPSA) is 68.8 Å². The van der Waals surface area contributed by atoms with Gasteiger partial charge in [-0.1, -0.05) is 0 Å². The molecule has 2 fully saturated rings. The fourth-order valence-corrected chi connectivity index (χ4v) is 3.02. The Labute approximate surface area is 140 Å². The van der Waals surface area contributed by atoms with Crippen molar-refractivity contribution in [2.75, 3.05) is 33.2 Å². The molecule has 1 saturated heterocycles. The minimum absolute atomic E-state index is 0.0701. The van der Waals surface area contributed by atoms with Crippen LogP contribution in [0.3, 0.4) is 0 Å². The Hall–Kier alpha value is -1.30. The van der Waals surface area contributed by atoms with Crippen molar-refractivity contribution in [3.8, 4) is 0 Å². The third kappa shape index (κ3) is 5.37. The molecule has 1 aliphatic carbocycles. The van der Waals surface area contributed by atoms with E-state index >= 15 is 0 Å². The van der Waals surface area contributed by atoms with Crippen LogP contribution < -0.4 is 16.0 Å². The maximum Gasteiger partial charge on any atom is 0.227 e. The summed E-state index contributed by atoms with van der Waals surface area (Å²) in [5.74, 6) is 0.868. The van der Waals surface area contributed by atoms with Gasteiger partial charge in [0.2, 0.25) is 5.91 Å². The zero-order valence-corrected chi connectivity index (χ0v) is 15.1. The number of rotatable bonds is 6. The van der Waals surface area contributed by atoms with Crippen LogP contribution in [0.5, 0.6) is 0 Å². The number of hydrogen-bond acceptors (Lipinski definition) is 3. The Kier molecular flexibility index (Phi) is 6.27. The Balaban J connectivity index is 1.74. The van der Waals surface area contributed by atoms with Gasteiger partial charge in [-0.25, -0.2) is 0 Å². The summed E-state index contributed by atoms with van der Waals surface area (Å²) >= 11 is 0. The second-order valence-electron chi connectivity index (χ2n) is 7.35. The highest BCUT2D eigenvalue weighted by Gasteiger charge is 2.32. The number of guanidine groups is 1. The Morgan fingerprint density at radius 1 is 1.17 bits per heavy atom. The normalized spacial score (nSPS) is 21.1. The largest absolute Gasteiger partial charge is 0.356 e. The van der Waals surface area contributed by atoms with E-state index in [0.29, 0.717) is 19.1 Å². The van der Waals surface area contributed by atoms with E-state index in [2.05, 4.69) is 25.8 Å². The molecule has 0 bridgehead atoms. The van der Waals surface area contributed by atoms with Crippen molar-refractivity contribution in [1.29, 1.82) is 0 Å². The number of piperidine rings is 1. The maximum atomic E-state index is 12.0. The lowest BCUT2D eigenvalue weighted by Crippen LogP contribution is -2.52. The second kappa shape index (κ2) is 7.99. The van der Waals surface area contributed by atoms with E-state index in [1.807, 2.05) is 20.8 Å². The fraction of sp³-hybridized carbons (Fsp3) is 0.882. The summed E-state index contributed by atoms with van der Waals surface area (Å²) in [6, 6.07) is 1.34. The number of nitrogens with one attached hydrogen (secondary N) is 3. The molecule has 0 aromatic rings. The molecule has 1 heterocycles. The first-order valence-electron chi connectivity index (χ1n) is 8.96. The molecule has 0 radical (unpaired) electrons. The van der Waals surface area contributed by atoms with Gasteiger partial charge in [0.05, 0.1) is 5.41 Å². The predicted octanol–water partition coefficient (Wildman–Crippen LogP) is 0.941. The van der Waals surface area contributed by atoms with Crippen LogP contribution in [0, 0.1) is 5.41 Å². The first-order valence-corrected chi connectivity index (χ1v) is 8.96. The maximum absolute atomic E-state index is 12.0. The molecule has 2 aliphatic rings. The number of aliphatic imine (C=N–C) groups is 1. The van der Waals surface area contributed by atoms with Crippen molar-refractivity contribution in [3.63, 3.8) is 0 Å². The lowest BCUT2D eigenvalue weighted by molar-refractivity contribution is -0.128. The molecule has 132 valence electrons. The molecule has 3 N–H and O–H groups in total. The predicted molar refractivity (Wildman–Crippen MR) is 94.6 cm³/mol. The van der Waals surface area contributed by atoms with Crippen LogP contribution in [0.1, 0.15) is 46.5 Å². The summed E-state index contributed by atoms with van der Waals surface area (Å²) in [6.45, 7) is 9.44. The number of carbonyl (C=O) groups excluding carboxylic acids is 1. The van der Waals surface area contributed by atoms with E-state index < -0.39 is 5.41 Å². The van der Waals surface area contributed by atoms with Crippen molar-refractivity contribution in [3.05, 3.63) is 0 Å². The quantitative estimate of drug-likeness (QED) is 0.503. The van der Waals surface area contributed by atoms with Gasteiger partial charge in [0.1, 0.15) is 0 Å². The van der Waals surface area contributed by atoms with E-state index in [9.17, 15) is 4.79 Å². The minimum Gasteiger partial charge on any atom is -0.356 e. The van der Waals surface area contributed by atoms with Crippen LogP contribution >= 0.6 is 0 Å². The highest BCUT2D eigenvalue weighted by Crippen LogP contribution is 2.29. The molecule has 0 atom stereocenters. The summed E-state index contributed by atoms with van der Waals surface area (Å²) in [4.78, 5) is 19.0. The minimum atomic E-state index is -0.455. The van der Waals surface area contributed by atoms with Gasteiger partial charge in [-0.3, -0.25) is 9.79 Å². The Bertz CT molecular complexity index is 423. The summed E-state index contributed by atoms with van der Waals surface area (Å²) in [5, 5.41) is 9.70. The highest BCUT2D eigenvalue weighted by molar-refractivity contribution is 5.84. The summed E-state index contributed by atoms with van der Waals surface area (Å²) in [5.41, 5.74) is -0.455. The average Bonchev–Trinajstić information content (AvgIpc) is 3.37. The number of carbonyl (C=O) groups is 1. The lowest BCUT2D eigenvalue weighted by Gasteiger charge is -2.33. The molecule has 2 rings (SSSR count). The van der Waals surface area contributed by atoms with Crippen molar-refractivity contribution in [1.82, 2.24) is 20.9 Å². The summed E-state index contributed by atoms with van der Waals surface area (Å²) in [6.07, 6.45) is 5.10. The van der Waals surface area contributed by atoms with E-state index in [-0.39, 0.29) is 5.91 Å². The number of likely N-dealkylation sites (tertiary alicyclic amines) is 1. The van der Waals surface area contributed by atoms with Crippen molar-refractivity contribution in [2.45, 2.75) is 58.5 Å². The van der Waals surface area contributed by atoms with E-state index in [1.165, 1.54) is 25.9 Å². The van der Waals surface area contributed by atoms with Gasteiger partial charge in [-0.2, -0.15) is 0 Å². The number of amides is 1. The molecule has 6 nitrogen and oxygen atoms in total. The van der Waals surface area contributed by atoms with Gasteiger partial charge >= 0.3 is 0 Å². The molecule has 1 saturated carbocycles. The third-order valence-electron chi connectivity index (χ3n) is 4.81. The molecule has 6 heteroatoms. The Morgan fingerprint density at radius 2 is 1.83 bits per heavy atom. The zero-order chi connectivity index (χ0) is 16.9. The van der Waals surface area contributed by atoms with Gasteiger partial charge in [0.15, 0.2) is 5.96 Å². The van der Waals surface area contributed by atoms with Gasteiger partial charge in [-0.05, 0) is 46.5 Å². The third-order valence-corrected chi connectivity index (χ3v) is 4.81. The highest BCUT2D eigenvalue weighted by atomic mass is 16.2. The van der Waals surface area contributed by atoms with Crippen LogP contribution in [0.2, 0.25) is 0 Å². The molecule has 0 unspecified atom stereocenters. The number of hydrogen-bond donors (Lipinski definition) is 3. The molecule has 23 heavy (non-hydrogen) atoms. The molecule has 0 aromatic carbocycles. The SMILES string of the molecule is CCNC(=O)C(C)(C)CNC(=NC)NC1CCN(C2CC2)CC1.